The lowest BCUT2D eigenvalue weighted by molar-refractivity contribution is 0.0971. The van der Waals surface area contributed by atoms with Crippen molar-refractivity contribution in [2.75, 3.05) is 0 Å². The maximum absolute atomic E-state index is 13.9. The minimum Gasteiger partial charge on any atom is -0.459 e. The zero-order valence-electron chi connectivity index (χ0n) is 11.0. The third-order valence-electron chi connectivity index (χ3n) is 2.94. The van der Waals surface area contributed by atoms with E-state index < -0.39 is 17.5 Å². The highest BCUT2D eigenvalue weighted by molar-refractivity contribution is 7.16. The van der Waals surface area contributed by atoms with Gasteiger partial charge in [0.1, 0.15) is 5.82 Å². The molecule has 2 heterocycles. The number of amides is 1. The average molecular weight is 308 g/mol. The van der Waals surface area contributed by atoms with Gasteiger partial charge >= 0.3 is 5.91 Å². The summed E-state index contributed by atoms with van der Waals surface area (Å²) >= 11 is 1.06. The van der Waals surface area contributed by atoms with Crippen LogP contribution in [0.1, 0.15) is 17.5 Å². The number of carbonyl (C=O) groups excluding carboxylic acids is 1. The van der Waals surface area contributed by atoms with Crippen LogP contribution in [-0.2, 0) is 6.54 Å². The monoisotopic (exact) mass is 308 g/mol. The highest BCUT2D eigenvalue weighted by Crippen LogP contribution is 2.22. The molecule has 0 aliphatic heterocycles. The van der Waals surface area contributed by atoms with E-state index in [-0.39, 0.29) is 11.3 Å². The molecule has 1 aromatic carbocycles. The van der Waals surface area contributed by atoms with Gasteiger partial charge in [-0.05, 0) is 25.1 Å². The Hall–Kier alpha value is -2.28. The molecule has 0 atom stereocenters. The molecule has 3 rings (SSSR count). The molecule has 0 fully saturated rings. The first-order valence-electron chi connectivity index (χ1n) is 6.21. The number of aryl methyl sites for hydroxylation is 1. The van der Waals surface area contributed by atoms with E-state index in [1.165, 1.54) is 23.0 Å². The molecule has 0 bridgehead atoms. The standard InChI is InChI=1S/C14H10F2N2O2S/c1-2-18-12-9(16)6-8(15)7-11(12)21-14(18)17-13(19)10-4-3-5-20-10/h3-7H,2H2,1H3. The molecule has 0 unspecified atom stereocenters. The number of halogens is 2. The molecule has 0 N–H and O–H groups in total. The predicted octanol–water partition coefficient (Wildman–Crippen LogP) is 3.34. The Morgan fingerprint density at radius 3 is 2.90 bits per heavy atom. The quantitative estimate of drug-likeness (QED) is 0.729. The van der Waals surface area contributed by atoms with Gasteiger partial charge in [0.15, 0.2) is 16.4 Å². The minimum absolute atomic E-state index is 0.0989. The van der Waals surface area contributed by atoms with Crippen LogP contribution in [0.2, 0.25) is 0 Å². The largest absolute Gasteiger partial charge is 0.459 e. The van der Waals surface area contributed by atoms with Gasteiger partial charge in [-0.3, -0.25) is 4.79 Å². The van der Waals surface area contributed by atoms with Crippen LogP contribution < -0.4 is 4.80 Å². The first-order valence-corrected chi connectivity index (χ1v) is 7.02. The number of thiazole rings is 1. The second-order valence-corrected chi connectivity index (χ2v) is 5.27. The topological polar surface area (TPSA) is 47.5 Å². The molecule has 4 nitrogen and oxygen atoms in total. The lowest BCUT2D eigenvalue weighted by Crippen LogP contribution is -2.16. The van der Waals surface area contributed by atoms with Gasteiger partial charge in [-0.25, -0.2) is 8.78 Å². The number of nitrogens with zero attached hydrogens (tertiary/aromatic N) is 2. The lowest BCUT2D eigenvalue weighted by Gasteiger charge is -2.01. The van der Waals surface area contributed by atoms with Crippen molar-refractivity contribution < 1.29 is 18.0 Å². The van der Waals surface area contributed by atoms with E-state index in [0.717, 1.165) is 17.4 Å². The molecule has 0 spiro atoms. The van der Waals surface area contributed by atoms with Crippen molar-refractivity contribution in [3.63, 3.8) is 0 Å². The molecule has 3 aromatic rings. The van der Waals surface area contributed by atoms with Crippen LogP contribution in [0.15, 0.2) is 39.9 Å². The number of benzene rings is 1. The average Bonchev–Trinajstić information content (AvgIpc) is 3.05. The Labute approximate surface area is 122 Å². The second-order valence-electron chi connectivity index (χ2n) is 4.26. The second kappa shape index (κ2) is 5.25. The fraction of sp³-hybridized carbons (Fsp3) is 0.143. The number of furan rings is 1. The first kappa shape index (κ1) is 13.7. The van der Waals surface area contributed by atoms with Gasteiger partial charge < -0.3 is 8.98 Å². The molecule has 7 heteroatoms. The first-order chi connectivity index (χ1) is 10.1. The van der Waals surface area contributed by atoms with E-state index >= 15 is 0 Å². The zero-order valence-corrected chi connectivity index (χ0v) is 11.8. The Balaban J connectivity index is 2.23. The zero-order chi connectivity index (χ0) is 15.0. The smallest absolute Gasteiger partial charge is 0.315 e. The third kappa shape index (κ3) is 2.40. The summed E-state index contributed by atoms with van der Waals surface area (Å²) < 4.78 is 34.1. The van der Waals surface area contributed by atoms with Gasteiger partial charge in [0.25, 0.3) is 0 Å². The molecule has 0 aliphatic carbocycles. The van der Waals surface area contributed by atoms with E-state index in [4.69, 9.17) is 4.42 Å². The Kier molecular flexibility index (Phi) is 3.42. The number of hydrogen-bond donors (Lipinski definition) is 0. The summed E-state index contributed by atoms with van der Waals surface area (Å²) in [4.78, 5) is 16.2. The van der Waals surface area contributed by atoms with Crippen molar-refractivity contribution in [3.8, 4) is 0 Å². The number of aromatic nitrogens is 1. The van der Waals surface area contributed by atoms with E-state index in [0.29, 0.717) is 16.0 Å². The minimum atomic E-state index is -0.671. The number of hydrogen-bond acceptors (Lipinski definition) is 3. The molecule has 21 heavy (non-hydrogen) atoms. The summed E-state index contributed by atoms with van der Waals surface area (Å²) in [6.45, 7) is 2.21. The van der Waals surface area contributed by atoms with Crippen molar-refractivity contribution >= 4 is 27.5 Å². The van der Waals surface area contributed by atoms with Gasteiger partial charge in [0, 0.05) is 12.6 Å². The molecule has 108 valence electrons. The fourth-order valence-corrected chi connectivity index (χ4v) is 3.18. The summed E-state index contributed by atoms with van der Waals surface area (Å²) in [5, 5.41) is 0. The van der Waals surface area contributed by atoms with Crippen molar-refractivity contribution in [1.29, 1.82) is 0 Å². The van der Waals surface area contributed by atoms with E-state index in [9.17, 15) is 13.6 Å². The number of fused-ring (bicyclic) bond motifs is 1. The molecule has 0 radical (unpaired) electrons. The highest BCUT2D eigenvalue weighted by Gasteiger charge is 2.14. The fourth-order valence-electron chi connectivity index (χ4n) is 2.05. The molecule has 0 saturated heterocycles. The molecule has 1 amide bonds. The summed E-state index contributed by atoms with van der Waals surface area (Å²) in [7, 11) is 0. The van der Waals surface area contributed by atoms with Crippen molar-refractivity contribution in [1.82, 2.24) is 4.57 Å². The van der Waals surface area contributed by atoms with Gasteiger partial charge in [-0.15, -0.1) is 0 Å². The van der Waals surface area contributed by atoms with Gasteiger partial charge in [-0.2, -0.15) is 4.99 Å². The molecule has 0 aliphatic rings. The Morgan fingerprint density at radius 1 is 1.43 bits per heavy atom. The van der Waals surface area contributed by atoms with Crippen LogP contribution in [0.5, 0.6) is 0 Å². The van der Waals surface area contributed by atoms with Crippen molar-refractivity contribution in [2.45, 2.75) is 13.5 Å². The van der Waals surface area contributed by atoms with E-state index in [1.54, 1.807) is 13.0 Å². The number of carbonyl (C=O) groups is 1. The predicted molar refractivity (Wildman–Crippen MR) is 74.0 cm³/mol. The van der Waals surface area contributed by atoms with Crippen LogP contribution in [0.3, 0.4) is 0 Å². The van der Waals surface area contributed by atoms with Crippen molar-refractivity contribution in [2.24, 2.45) is 4.99 Å². The normalized spacial score (nSPS) is 12.2. The van der Waals surface area contributed by atoms with Gasteiger partial charge in [-0.1, -0.05) is 11.3 Å². The maximum atomic E-state index is 13.9. The van der Waals surface area contributed by atoms with Crippen LogP contribution in [0.4, 0.5) is 8.78 Å². The molecular formula is C14H10F2N2O2S. The van der Waals surface area contributed by atoms with Crippen LogP contribution in [0.25, 0.3) is 10.2 Å². The van der Waals surface area contributed by atoms with Crippen LogP contribution >= 0.6 is 11.3 Å². The van der Waals surface area contributed by atoms with Crippen LogP contribution in [-0.4, -0.2) is 10.5 Å². The van der Waals surface area contributed by atoms with Crippen molar-refractivity contribution in [3.05, 3.63) is 52.7 Å². The molecular weight excluding hydrogens is 298 g/mol. The summed E-state index contributed by atoms with van der Waals surface area (Å²) in [5.74, 6) is -1.79. The summed E-state index contributed by atoms with van der Waals surface area (Å²) in [5.41, 5.74) is 0.245. The number of rotatable bonds is 2. The lowest BCUT2D eigenvalue weighted by atomic mass is 10.3. The SMILES string of the molecule is CCn1c(=NC(=O)c2ccco2)sc2cc(F)cc(F)c21. The Bertz CT molecular complexity index is 878. The maximum Gasteiger partial charge on any atom is 0.315 e. The summed E-state index contributed by atoms with van der Waals surface area (Å²) in [6.07, 6.45) is 1.37. The van der Waals surface area contributed by atoms with Gasteiger partial charge in [0.2, 0.25) is 0 Å². The molecule has 2 aromatic heterocycles. The molecule has 0 saturated carbocycles. The van der Waals surface area contributed by atoms with Gasteiger partial charge in [0.05, 0.1) is 16.5 Å². The highest BCUT2D eigenvalue weighted by atomic mass is 32.1. The third-order valence-corrected chi connectivity index (χ3v) is 3.97. The van der Waals surface area contributed by atoms with E-state index in [2.05, 4.69) is 4.99 Å². The van der Waals surface area contributed by atoms with E-state index in [1.807, 2.05) is 0 Å². The van der Waals surface area contributed by atoms with Crippen LogP contribution in [0, 0.1) is 11.6 Å². The summed E-state index contributed by atoms with van der Waals surface area (Å²) in [6, 6.07) is 5.12. The Morgan fingerprint density at radius 2 is 2.24 bits per heavy atom.